The number of amides is 1. The molecule has 1 amide bonds. The van der Waals surface area contributed by atoms with Gasteiger partial charge < -0.3 is 5.32 Å². The summed E-state index contributed by atoms with van der Waals surface area (Å²) in [6, 6.07) is 5.52. The van der Waals surface area contributed by atoms with Crippen LogP contribution in [0.2, 0.25) is 0 Å². The summed E-state index contributed by atoms with van der Waals surface area (Å²) in [5.41, 5.74) is 0.613. The molecule has 3 nitrogen and oxygen atoms in total. The smallest absolute Gasteiger partial charge is 0.252 e. The van der Waals surface area contributed by atoms with E-state index in [-0.39, 0.29) is 5.91 Å². The lowest BCUT2D eigenvalue weighted by atomic mass is 10.2. The summed E-state index contributed by atoms with van der Waals surface area (Å²) in [7, 11) is 0. The zero-order chi connectivity index (χ0) is 13.8. The Morgan fingerprint density at radius 1 is 1.42 bits per heavy atom. The lowest BCUT2D eigenvalue weighted by Crippen LogP contribution is -2.23. The fourth-order valence-electron chi connectivity index (χ4n) is 1.52. The van der Waals surface area contributed by atoms with E-state index < -0.39 is 0 Å². The van der Waals surface area contributed by atoms with E-state index in [1.807, 2.05) is 18.3 Å². The molecule has 0 aliphatic rings. The molecule has 0 unspecified atom stereocenters. The predicted molar refractivity (Wildman–Crippen MR) is 84.5 cm³/mol. The molecule has 0 bridgehead atoms. The molecular weight excluding hydrogens is 392 g/mol. The fraction of sp³-hybridized carbons (Fsp3) is 0.231. The molecule has 0 spiro atoms. The summed E-state index contributed by atoms with van der Waals surface area (Å²) in [5, 5.41) is 3.81. The topological polar surface area (TPSA) is 42.0 Å². The number of aryl methyl sites for hydroxylation is 1. The Balaban J connectivity index is 2.03. The van der Waals surface area contributed by atoms with Crippen LogP contribution >= 0.6 is 43.2 Å². The predicted octanol–water partition coefficient (Wildman–Crippen LogP) is 4.16. The van der Waals surface area contributed by atoms with E-state index in [4.69, 9.17) is 0 Å². The average molecular weight is 404 g/mol. The second kappa shape index (κ2) is 6.63. The van der Waals surface area contributed by atoms with Crippen molar-refractivity contribution in [3.05, 3.63) is 48.8 Å². The highest BCUT2D eigenvalue weighted by Crippen LogP contribution is 2.21. The Morgan fingerprint density at radius 3 is 2.89 bits per heavy atom. The highest BCUT2D eigenvalue weighted by Gasteiger charge is 2.11. The summed E-state index contributed by atoms with van der Waals surface area (Å²) in [6.07, 6.45) is 2.84. The van der Waals surface area contributed by atoms with Crippen molar-refractivity contribution in [3.63, 3.8) is 0 Å². The van der Waals surface area contributed by atoms with Crippen molar-refractivity contribution < 1.29 is 4.79 Å². The molecule has 1 aromatic carbocycles. The number of aromatic nitrogens is 1. The van der Waals surface area contributed by atoms with Crippen LogP contribution < -0.4 is 5.32 Å². The first kappa shape index (κ1) is 14.7. The Kier molecular flexibility index (Phi) is 5.13. The minimum Gasteiger partial charge on any atom is -0.345 e. The maximum Gasteiger partial charge on any atom is 0.252 e. The van der Waals surface area contributed by atoms with Crippen molar-refractivity contribution in [2.75, 3.05) is 0 Å². The molecule has 0 fully saturated rings. The van der Waals surface area contributed by atoms with E-state index in [1.54, 1.807) is 17.4 Å². The monoisotopic (exact) mass is 402 g/mol. The van der Waals surface area contributed by atoms with Crippen LogP contribution in [0.5, 0.6) is 0 Å². The third-order valence-electron chi connectivity index (χ3n) is 2.52. The van der Waals surface area contributed by atoms with Gasteiger partial charge in [-0.15, -0.1) is 11.3 Å². The van der Waals surface area contributed by atoms with Gasteiger partial charge in [0.1, 0.15) is 5.01 Å². The summed E-state index contributed by atoms with van der Waals surface area (Å²) >= 11 is 8.37. The molecule has 1 N–H and O–H groups in total. The van der Waals surface area contributed by atoms with Crippen LogP contribution in [0, 0.1) is 0 Å². The number of carbonyl (C=O) groups excluding carboxylic acids is 1. The normalized spacial score (nSPS) is 10.5. The molecule has 0 aliphatic heterocycles. The molecule has 0 aliphatic carbocycles. The van der Waals surface area contributed by atoms with Crippen LogP contribution in [0.15, 0.2) is 33.3 Å². The van der Waals surface area contributed by atoms with Crippen LogP contribution in [0.3, 0.4) is 0 Å². The molecule has 0 radical (unpaired) electrons. The Morgan fingerprint density at radius 2 is 2.21 bits per heavy atom. The van der Waals surface area contributed by atoms with Gasteiger partial charge in [0.15, 0.2) is 0 Å². The first-order chi connectivity index (χ1) is 9.10. The summed E-state index contributed by atoms with van der Waals surface area (Å²) in [6.45, 7) is 2.55. The molecule has 2 rings (SSSR count). The Hall–Kier alpha value is -0.720. The molecule has 0 saturated carbocycles. The van der Waals surface area contributed by atoms with Crippen LogP contribution in [0.4, 0.5) is 0 Å². The lowest BCUT2D eigenvalue weighted by molar-refractivity contribution is 0.0950. The number of benzene rings is 1. The molecule has 0 saturated heterocycles. The molecule has 100 valence electrons. The van der Waals surface area contributed by atoms with Gasteiger partial charge in [-0.25, -0.2) is 4.98 Å². The van der Waals surface area contributed by atoms with Gasteiger partial charge >= 0.3 is 0 Å². The van der Waals surface area contributed by atoms with Gasteiger partial charge in [-0.2, -0.15) is 0 Å². The lowest BCUT2D eigenvalue weighted by Gasteiger charge is -2.05. The minimum absolute atomic E-state index is 0.110. The number of hydrogen-bond acceptors (Lipinski definition) is 3. The van der Waals surface area contributed by atoms with E-state index >= 15 is 0 Å². The van der Waals surface area contributed by atoms with Crippen LogP contribution in [-0.2, 0) is 13.0 Å². The van der Waals surface area contributed by atoms with Crippen LogP contribution in [0.1, 0.15) is 27.2 Å². The van der Waals surface area contributed by atoms with Gasteiger partial charge in [-0.3, -0.25) is 4.79 Å². The number of thiazole rings is 1. The number of carbonyl (C=O) groups is 1. The van der Waals surface area contributed by atoms with Crippen molar-refractivity contribution in [2.45, 2.75) is 19.9 Å². The highest BCUT2D eigenvalue weighted by atomic mass is 79.9. The van der Waals surface area contributed by atoms with Crippen molar-refractivity contribution in [1.82, 2.24) is 10.3 Å². The second-order valence-corrected chi connectivity index (χ2v) is 6.85. The van der Waals surface area contributed by atoms with Crippen LogP contribution in [-0.4, -0.2) is 10.9 Å². The second-order valence-electron chi connectivity index (χ2n) is 3.88. The van der Waals surface area contributed by atoms with Gasteiger partial charge in [-0.05, 0) is 40.5 Å². The standard InChI is InChI=1S/C13H12Br2N2OS/c1-2-9-6-16-12(19-9)7-17-13(18)10-5-8(14)3-4-11(10)15/h3-6H,2,7H2,1H3,(H,17,18). The first-order valence-corrected chi connectivity index (χ1v) is 8.17. The van der Waals surface area contributed by atoms with Gasteiger partial charge in [-0.1, -0.05) is 22.9 Å². The van der Waals surface area contributed by atoms with Gasteiger partial charge in [0.25, 0.3) is 5.91 Å². The summed E-state index contributed by atoms with van der Waals surface area (Å²) in [4.78, 5) is 17.6. The molecule has 1 aromatic heterocycles. The van der Waals surface area contributed by atoms with E-state index in [0.29, 0.717) is 12.1 Å². The Labute approximate surface area is 132 Å². The summed E-state index contributed by atoms with van der Waals surface area (Å²) < 4.78 is 1.66. The largest absolute Gasteiger partial charge is 0.345 e. The molecule has 1 heterocycles. The van der Waals surface area contributed by atoms with E-state index in [9.17, 15) is 4.79 Å². The van der Waals surface area contributed by atoms with Crippen molar-refractivity contribution >= 4 is 49.1 Å². The summed E-state index contributed by atoms with van der Waals surface area (Å²) in [5.74, 6) is -0.110. The average Bonchev–Trinajstić information content (AvgIpc) is 2.87. The number of nitrogens with zero attached hydrogens (tertiary/aromatic N) is 1. The number of rotatable bonds is 4. The van der Waals surface area contributed by atoms with Crippen LogP contribution in [0.25, 0.3) is 0 Å². The van der Waals surface area contributed by atoms with E-state index in [1.165, 1.54) is 4.88 Å². The van der Waals surface area contributed by atoms with Gasteiger partial charge in [0, 0.05) is 20.0 Å². The molecule has 2 aromatic rings. The first-order valence-electron chi connectivity index (χ1n) is 5.77. The Bertz CT molecular complexity index is 598. The van der Waals surface area contributed by atoms with Gasteiger partial charge in [0.2, 0.25) is 0 Å². The molecular formula is C13H12Br2N2OS. The van der Waals surface area contributed by atoms with Crippen molar-refractivity contribution in [1.29, 1.82) is 0 Å². The number of halogens is 2. The van der Waals surface area contributed by atoms with Crippen molar-refractivity contribution in [2.24, 2.45) is 0 Å². The molecule has 0 atom stereocenters. The zero-order valence-electron chi connectivity index (χ0n) is 10.2. The van der Waals surface area contributed by atoms with E-state index in [0.717, 1.165) is 20.4 Å². The van der Waals surface area contributed by atoms with Gasteiger partial charge in [0.05, 0.1) is 12.1 Å². The highest BCUT2D eigenvalue weighted by molar-refractivity contribution is 9.11. The van der Waals surface area contributed by atoms with Crippen molar-refractivity contribution in [3.8, 4) is 0 Å². The zero-order valence-corrected chi connectivity index (χ0v) is 14.2. The maximum atomic E-state index is 12.1. The minimum atomic E-state index is -0.110. The number of hydrogen-bond donors (Lipinski definition) is 1. The third-order valence-corrected chi connectivity index (χ3v) is 4.85. The maximum absolute atomic E-state index is 12.1. The SMILES string of the molecule is CCc1cnc(CNC(=O)c2cc(Br)ccc2Br)s1. The molecule has 19 heavy (non-hydrogen) atoms. The third kappa shape index (κ3) is 3.87. The quantitative estimate of drug-likeness (QED) is 0.832. The van der Waals surface area contributed by atoms with E-state index in [2.05, 4.69) is 49.1 Å². The molecule has 6 heteroatoms. The fourth-order valence-corrected chi connectivity index (χ4v) is 3.11. The number of nitrogens with one attached hydrogen (secondary N) is 1.